The lowest BCUT2D eigenvalue weighted by Gasteiger charge is -2.40. The van der Waals surface area contributed by atoms with Crippen molar-refractivity contribution in [1.29, 1.82) is 0 Å². The van der Waals surface area contributed by atoms with Crippen molar-refractivity contribution in [3.05, 3.63) is 89.9 Å². The molecule has 2 fully saturated rings. The zero-order valence-corrected chi connectivity index (χ0v) is 33.1. The lowest BCUT2D eigenvalue weighted by Crippen LogP contribution is -2.46. The molecule has 0 bridgehead atoms. The van der Waals surface area contributed by atoms with E-state index in [0.717, 1.165) is 35.9 Å². The van der Waals surface area contributed by atoms with Gasteiger partial charge in [-0.25, -0.2) is 18.2 Å². The molecule has 58 heavy (non-hydrogen) atoms. The van der Waals surface area contributed by atoms with Crippen molar-refractivity contribution in [3.8, 4) is 11.3 Å². The number of carbonyl (C=O) groups excluding carboxylic acids is 4. The number of nitrogens with zero attached hydrogens (tertiary/aromatic N) is 4. The molecule has 2 saturated heterocycles. The summed E-state index contributed by atoms with van der Waals surface area (Å²) in [5.41, 5.74) is 1.03. The minimum atomic E-state index is -4.82. The lowest BCUT2D eigenvalue weighted by molar-refractivity contribution is -0.137. The van der Waals surface area contributed by atoms with Gasteiger partial charge in [0.2, 0.25) is 11.8 Å². The number of hydrogen-bond acceptors (Lipinski definition) is 10. The predicted octanol–water partition coefficient (Wildman–Crippen LogP) is 3.15. The number of benzene rings is 2. The maximum Gasteiger partial charge on any atom is 0.270 e. The van der Waals surface area contributed by atoms with Gasteiger partial charge in [-0.15, -0.1) is 0 Å². The SMILES string of the molecule is O=C(CC(CN1C(=O)C=CC1=O)S(=O)(=O)O)NCCSCC(=O)N(CC1CNCC1F)C(c1nc(-c2cc(F)ccc2F)cn1Cc1ccccc1)C1CCOCC1. The summed E-state index contributed by atoms with van der Waals surface area (Å²) in [6.45, 7) is 0.945. The largest absolute Gasteiger partial charge is 0.381 e. The van der Waals surface area contributed by atoms with Gasteiger partial charge in [0.05, 0.1) is 17.5 Å². The Labute approximate surface area is 338 Å². The lowest BCUT2D eigenvalue weighted by atomic mass is 9.88. The fourth-order valence-electron chi connectivity index (χ4n) is 7.40. The third-order valence-corrected chi connectivity index (χ3v) is 12.5. The second-order valence-corrected chi connectivity index (χ2v) is 17.3. The topological polar surface area (TPSA) is 180 Å². The van der Waals surface area contributed by atoms with Gasteiger partial charge in [-0.3, -0.25) is 28.6 Å². The first kappa shape index (κ1) is 43.0. The summed E-state index contributed by atoms with van der Waals surface area (Å²) in [4.78, 5) is 58.2. The van der Waals surface area contributed by atoms with Gasteiger partial charge in [0.1, 0.15) is 28.9 Å². The molecule has 4 atom stereocenters. The summed E-state index contributed by atoms with van der Waals surface area (Å²) in [5, 5.41) is 3.86. The molecule has 0 saturated carbocycles. The molecule has 4 heterocycles. The first-order valence-corrected chi connectivity index (χ1v) is 21.6. The monoisotopic (exact) mass is 846 g/mol. The Morgan fingerprint density at radius 3 is 2.47 bits per heavy atom. The maximum absolute atomic E-state index is 15.3. The Balaban J connectivity index is 1.22. The maximum atomic E-state index is 15.3. The van der Waals surface area contributed by atoms with Crippen LogP contribution in [-0.4, -0.2) is 125 Å². The summed E-state index contributed by atoms with van der Waals surface area (Å²) in [7, 11) is -4.82. The van der Waals surface area contributed by atoms with Crippen LogP contribution in [0.5, 0.6) is 0 Å². The van der Waals surface area contributed by atoms with Crippen LogP contribution in [0.25, 0.3) is 11.3 Å². The third-order valence-electron chi connectivity index (χ3n) is 10.4. The van der Waals surface area contributed by atoms with Gasteiger partial charge in [-0.2, -0.15) is 20.2 Å². The van der Waals surface area contributed by atoms with Gasteiger partial charge in [-0.05, 0) is 42.5 Å². The van der Waals surface area contributed by atoms with Crippen LogP contribution in [0.4, 0.5) is 13.2 Å². The highest BCUT2D eigenvalue weighted by atomic mass is 32.2. The fourth-order valence-corrected chi connectivity index (χ4v) is 8.83. The molecule has 312 valence electrons. The van der Waals surface area contributed by atoms with E-state index in [1.807, 2.05) is 34.9 Å². The van der Waals surface area contributed by atoms with E-state index in [1.165, 1.54) is 11.8 Å². The average Bonchev–Trinajstić information content (AvgIpc) is 3.89. The van der Waals surface area contributed by atoms with Crippen molar-refractivity contribution >= 4 is 45.5 Å². The number of aromatic nitrogens is 2. The average molecular weight is 847 g/mol. The van der Waals surface area contributed by atoms with E-state index in [0.29, 0.717) is 49.9 Å². The van der Waals surface area contributed by atoms with Gasteiger partial charge >= 0.3 is 0 Å². The van der Waals surface area contributed by atoms with Gasteiger partial charge in [0, 0.05) is 94.5 Å². The molecular weight excluding hydrogens is 802 g/mol. The first-order chi connectivity index (χ1) is 27.8. The van der Waals surface area contributed by atoms with Crippen LogP contribution >= 0.6 is 11.8 Å². The number of halogens is 3. The second kappa shape index (κ2) is 19.5. The number of imidazole rings is 1. The number of ether oxygens (including phenoxy) is 1. The minimum absolute atomic E-state index is 0.00460. The van der Waals surface area contributed by atoms with Crippen molar-refractivity contribution in [2.45, 2.75) is 43.3 Å². The van der Waals surface area contributed by atoms with E-state index in [4.69, 9.17) is 9.72 Å². The van der Waals surface area contributed by atoms with E-state index >= 15 is 8.78 Å². The molecule has 3 N–H and O–H groups in total. The molecule has 0 aliphatic carbocycles. The second-order valence-electron chi connectivity index (χ2n) is 14.5. The van der Waals surface area contributed by atoms with Crippen LogP contribution in [0.15, 0.2) is 66.9 Å². The Bertz CT molecular complexity index is 2080. The van der Waals surface area contributed by atoms with Crippen LogP contribution in [0, 0.1) is 23.5 Å². The van der Waals surface area contributed by atoms with Crippen LogP contribution in [0.3, 0.4) is 0 Å². The smallest absolute Gasteiger partial charge is 0.270 e. The van der Waals surface area contributed by atoms with Gasteiger partial charge < -0.3 is 24.8 Å². The molecule has 19 heteroatoms. The summed E-state index contributed by atoms with van der Waals surface area (Å²) >= 11 is 1.18. The van der Waals surface area contributed by atoms with Crippen molar-refractivity contribution in [1.82, 2.24) is 30.0 Å². The molecule has 4 unspecified atom stereocenters. The number of alkyl halides is 1. The molecule has 1 aromatic heterocycles. The van der Waals surface area contributed by atoms with Crippen LogP contribution in [-0.2, 0) is 40.6 Å². The highest BCUT2D eigenvalue weighted by molar-refractivity contribution is 7.99. The molecule has 6 rings (SSSR count). The van der Waals surface area contributed by atoms with Crippen molar-refractivity contribution in [2.24, 2.45) is 11.8 Å². The number of nitrogens with one attached hydrogen (secondary N) is 2. The van der Waals surface area contributed by atoms with Gasteiger partial charge in [0.15, 0.2) is 0 Å². The van der Waals surface area contributed by atoms with E-state index < -0.39 is 75.8 Å². The molecular formula is C39H45F3N6O8S2. The summed E-state index contributed by atoms with van der Waals surface area (Å²) in [6.07, 6.45) is 2.72. The van der Waals surface area contributed by atoms with Crippen LogP contribution in [0.2, 0.25) is 0 Å². The van der Waals surface area contributed by atoms with E-state index in [9.17, 15) is 36.5 Å². The van der Waals surface area contributed by atoms with Gasteiger partial charge in [0.25, 0.3) is 21.9 Å². The number of thioether (sulfide) groups is 1. The van der Waals surface area contributed by atoms with E-state index in [2.05, 4.69) is 10.6 Å². The molecule has 14 nitrogen and oxygen atoms in total. The zero-order valence-electron chi connectivity index (χ0n) is 31.5. The third kappa shape index (κ3) is 10.9. The quantitative estimate of drug-likeness (QED) is 0.0973. The summed E-state index contributed by atoms with van der Waals surface area (Å²) in [6, 6.07) is 11.9. The zero-order chi connectivity index (χ0) is 41.4. The van der Waals surface area contributed by atoms with Crippen LogP contribution in [0.1, 0.15) is 36.7 Å². The Hall–Kier alpha value is -4.56. The molecule has 3 aliphatic rings. The molecule has 0 spiro atoms. The number of carbonyl (C=O) groups is 4. The molecule has 0 radical (unpaired) electrons. The normalized spacial score (nSPS) is 19.8. The summed E-state index contributed by atoms with van der Waals surface area (Å²) in [5.74, 6) is -4.10. The molecule has 3 aromatic rings. The Morgan fingerprint density at radius 1 is 1.07 bits per heavy atom. The molecule has 2 aromatic carbocycles. The Kier molecular flexibility index (Phi) is 14.4. The first-order valence-electron chi connectivity index (χ1n) is 18.9. The minimum Gasteiger partial charge on any atom is -0.381 e. The van der Waals surface area contributed by atoms with Crippen molar-refractivity contribution < 1.29 is 50.1 Å². The van der Waals surface area contributed by atoms with Gasteiger partial charge in [-0.1, -0.05) is 30.3 Å². The van der Waals surface area contributed by atoms with Crippen molar-refractivity contribution in [2.75, 3.05) is 57.4 Å². The molecule has 3 aliphatic heterocycles. The molecule has 4 amide bonds. The number of imide groups is 1. The highest BCUT2D eigenvalue weighted by Gasteiger charge is 2.40. The number of hydrogen-bond donors (Lipinski definition) is 3. The highest BCUT2D eigenvalue weighted by Crippen LogP contribution is 2.38. The van der Waals surface area contributed by atoms with Crippen molar-refractivity contribution in [3.63, 3.8) is 0 Å². The van der Waals surface area contributed by atoms with E-state index in [1.54, 1.807) is 11.1 Å². The van der Waals surface area contributed by atoms with Crippen LogP contribution < -0.4 is 10.6 Å². The standard InChI is InChI=1S/C39H45F3N6O8S2/c40-28-6-7-31(41)30(16-28)33-23-46(20-25-4-2-1-3-5-25)39(45-33)38(26-10-13-56-14-11-26)48(21-27-18-43-19-32(27)42)37(52)24-57-15-12-44-34(49)17-29(58(53,54)55)22-47-35(50)8-9-36(47)51/h1-9,16,23,26-27,29,32,38,43H,10-15,17-22,24H2,(H,44,49)(H,53,54,55). The van der Waals surface area contributed by atoms with E-state index in [-0.39, 0.29) is 54.2 Å². The number of rotatable bonds is 18. The number of amides is 4. The summed E-state index contributed by atoms with van der Waals surface area (Å²) < 4.78 is 86.2. The fraction of sp³-hybridized carbons (Fsp3) is 0.462. The predicted molar refractivity (Wildman–Crippen MR) is 209 cm³/mol. The Morgan fingerprint density at radius 2 is 1.79 bits per heavy atom.